The summed E-state index contributed by atoms with van der Waals surface area (Å²) in [4.78, 5) is 4.22. The summed E-state index contributed by atoms with van der Waals surface area (Å²) in [5.74, 6) is 1.76. The molecule has 2 aromatic rings. The van der Waals surface area contributed by atoms with Gasteiger partial charge in [0.1, 0.15) is 18.2 Å². The third-order valence-electron chi connectivity index (χ3n) is 2.97. The Kier molecular flexibility index (Phi) is 3.67. The first-order chi connectivity index (χ1) is 8.61. The molecule has 96 valence electrons. The van der Waals surface area contributed by atoms with Gasteiger partial charge in [-0.3, -0.25) is 0 Å². The number of nitrogens with zero attached hydrogens (tertiary/aromatic N) is 2. The van der Waals surface area contributed by atoms with Gasteiger partial charge in [0.2, 0.25) is 0 Å². The topological polar surface area (TPSA) is 47.3 Å². The van der Waals surface area contributed by atoms with Crippen LogP contribution in [0, 0.1) is 13.8 Å². The van der Waals surface area contributed by atoms with Gasteiger partial charge in [0.15, 0.2) is 0 Å². The standard InChI is InChI=1S/C14H18N2O2/c1-10-6-12(8-17)7-11(2)14(10)18-9-13-15-4-5-16(13)3/h4-7,17H,8-9H2,1-3H3. The predicted molar refractivity (Wildman–Crippen MR) is 69.4 cm³/mol. The molecule has 2 rings (SSSR count). The monoisotopic (exact) mass is 246 g/mol. The van der Waals surface area contributed by atoms with Gasteiger partial charge in [-0.15, -0.1) is 0 Å². The number of benzene rings is 1. The summed E-state index contributed by atoms with van der Waals surface area (Å²) in [6.45, 7) is 4.48. The lowest BCUT2D eigenvalue weighted by Gasteiger charge is -2.13. The number of imidazole rings is 1. The van der Waals surface area contributed by atoms with Crippen LogP contribution < -0.4 is 4.74 Å². The zero-order chi connectivity index (χ0) is 13.1. The molecule has 18 heavy (non-hydrogen) atoms. The molecule has 1 aromatic heterocycles. The van der Waals surface area contributed by atoms with Gasteiger partial charge in [-0.2, -0.15) is 0 Å². The molecular weight excluding hydrogens is 228 g/mol. The zero-order valence-corrected chi connectivity index (χ0v) is 11.0. The number of aryl methyl sites for hydroxylation is 3. The number of hydrogen-bond acceptors (Lipinski definition) is 3. The second kappa shape index (κ2) is 5.23. The van der Waals surface area contributed by atoms with Gasteiger partial charge in [-0.05, 0) is 30.5 Å². The van der Waals surface area contributed by atoms with E-state index in [4.69, 9.17) is 9.84 Å². The Balaban J connectivity index is 2.17. The third-order valence-corrected chi connectivity index (χ3v) is 2.97. The SMILES string of the molecule is Cc1cc(CO)cc(C)c1OCc1nccn1C. The number of aliphatic hydroxyl groups excluding tert-OH is 1. The molecule has 1 heterocycles. The zero-order valence-electron chi connectivity index (χ0n) is 11.0. The van der Waals surface area contributed by atoms with Crippen LogP contribution in [0.15, 0.2) is 24.5 Å². The van der Waals surface area contributed by atoms with Crippen LogP contribution in [0.1, 0.15) is 22.5 Å². The van der Waals surface area contributed by atoms with Crippen LogP contribution in [0.2, 0.25) is 0 Å². The Labute approximate surface area is 107 Å². The molecule has 4 heteroatoms. The summed E-state index contributed by atoms with van der Waals surface area (Å²) in [6.07, 6.45) is 3.65. The summed E-state index contributed by atoms with van der Waals surface area (Å²) in [6, 6.07) is 3.89. The first-order valence-corrected chi connectivity index (χ1v) is 5.91. The average Bonchev–Trinajstić information content (AvgIpc) is 2.73. The Hall–Kier alpha value is -1.81. The van der Waals surface area contributed by atoms with Crippen molar-refractivity contribution >= 4 is 0 Å². The molecule has 0 radical (unpaired) electrons. The van der Waals surface area contributed by atoms with Gasteiger partial charge in [-0.1, -0.05) is 12.1 Å². The molecule has 0 bridgehead atoms. The van der Waals surface area contributed by atoms with E-state index in [1.54, 1.807) is 6.20 Å². The lowest BCUT2D eigenvalue weighted by atomic mass is 10.1. The summed E-state index contributed by atoms with van der Waals surface area (Å²) in [7, 11) is 1.94. The average molecular weight is 246 g/mol. The summed E-state index contributed by atoms with van der Waals surface area (Å²) in [5.41, 5.74) is 2.98. The Morgan fingerprint density at radius 1 is 1.28 bits per heavy atom. The first kappa shape index (κ1) is 12.6. The second-order valence-corrected chi connectivity index (χ2v) is 4.46. The van der Waals surface area contributed by atoms with E-state index in [2.05, 4.69) is 4.98 Å². The van der Waals surface area contributed by atoms with Gasteiger partial charge in [0.05, 0.1) is 6.61 Å². The minimum Gasteiger partial charge on any atom is -0.485 e. The van der Waals surface area contributed by atoms with E-state index in [-0.39, 0.29) is 6.61 Å². The van der Waals surface area contributed by atoms with Crippen LogP contribution in [-0.2, 0) is 20.3 Å². The van der Waals surface area contributed by atoms with Crippen LogP contribution in [0.25, 0.3) is 0 Å². The normalized spacial score (nSPS) is 10.7. The van der Waals surface area contributed by atoms with Gasteiger partial charge in [-0.25, -0.2) is 4.98 Å². The smallest absolute Gasteiger partial charge is 0.146 e. The van der Waals surface area contributed by atoms with E-state index < -0.39 is 0 Å². The Bertz CT molecular complexity index is 523. The minimum atomic E-state index is 0.0569. The molecule has 1 N–H and O–H groups in total. The van der Waals surface area contributed by atoms with Crippen molar-refractivity contribution in [1.29, 1.82) is 0 Å². The fourth-order valence-corrected chi connectivity index (χ4v) is 2.03. The van der Waals surface area contributed by atoms with E-state index in [0.717, 1.165) is 28.3 Å². The van der Waals surface area contributed by atoms with Crippen LogP contribution in [-0.4, -0.2) is 14.7 Å². The van der Waals surface area contributed by atoms with E-state index in [1.807, 2.05) is 43.8 Å². The molecule has 0 fully saturated rings. The molecule has 0 aliphatic carbocycles. The summed E-state index contributed by atoms with van der Waals surface area (Å²) >= 11 is 0. The van der Waals surface area contributed by atoms with E-state index in [0.29, 0.717) is 6.61 Å². The number of aromatic nitrogens is 2. The van der Waals surface area contributed by atoms with Crippen molar-refractivity contribution in [2.75, 3.05) is 0 Å². The third kappa shape index (κ3) is 2.54. The van der Waals surface area contributed by atoms with Crippen molar-refractivity contribution in [3.8, 4) is 5.75 Å². The molecule has 1 aromatic carbocycles. The fraction of sp³-hybridized carbons (Fsp3) is 0.357. The lowest BCUT2D eigenvalue weighted by Crippen LogP contribution is -2.05. The van der Waals surface area contributed by atoms with Gasteiger partial charge < -0.3 is 14.4 Å². The van der Waals surface area contributed by atoms with Crippen molar-refractivity contribution in [2.24, 2.45) is 7.05 Å². The van der Waals surface area contributed by atoms with Crippen LogP contribution in [0.4, 0.5) is 0 Å². The maximum absolute atomic E-state index is 9.14. The number of hydrogen-bond donors (Lipinski definition) is 1. The molecule has 0 saturated carbocycles. The van der Waals surface area contributed by atoms with Crippen molar-refractivity contribution in [3.05, 3.63) is 47.0 Å². The highest BCUT2D eigenvalue weighted by Gasteiger charge is 2.08. The quantitative estimate of drug-likeness (QED) is 0.898. The first-order valence-electron chi connectivity index (χ1n) is 5.91. The Morgan fingerprint density at radius 2 is 1.94 bits per heavy atom. The number of rotatable bonds is 4. The van der Waals surface area contributed by atoms with E-state index >= 15 is 0 Å². The highest BCUT2D eigenvalue weighted by atomic mass is 16.5. The molecule has 4 nitrogen and oxygen atoms in total. The number of ether oxygens (including phenoxy) is 1. The molecule has 0 unspecified atom stereocenters. The van der Waals surface area contributed by atoms with Crippen molar-refractivity contribution in [1.82, 2.24) is 9.55 Å². The molecule has 0 atom stereocenters. The van der Waals surface area contributed by atoms with Crippen LogP contribution >= 0.6 is 0 Å². The predicted octanol–water partition coefficient (Wildman–Crippen LogP) is 2.11. The molecule has 0 saturated heterocycles. The van der Waals surface area contributed by atoms with Gasteiger partial charge >= 0.3 is 0 Å². The molecule has 0 amide bonds. The number of aliphatic hydroxyl groups is 1. The highest BCUT2D eigenvalue weighted by molar-refractivity contribution is 5.43. The van der Waals surface area contributed by atoms with Crippen molar-refractivity contribution in [3.63, 3.8) is 0 Å². The molecule has 0 aliphatic heterocycles. The largest absolute Gasteiger partial charge is 0.485 e. The highest BCUT2D eigenvalue weighted by Crippen LogP contribution is 2.25. The molecule has 0 spiro atoms. The van der Waals surface area contributed by atoms with Crippen LogP contribution in [0.3, 0.4) is 0 Å². The summed E-state index contributed by atoms with van der Waals surface area (Å²) < 4.78 is 7.76. The van der Waals surface area contributed by atoms with Crippen LogP contribution in [0.5, 0.6) is 5.75 Å². The molecular formula is C14H18N2O2. The minimum absolute atomic E-state index is 0.0569. The lowest BCUT2D eigenvalue weighted by molar-refractivity contribution is 0.278. The van der Waals surface area contributed by atoms with Crippen molar-refractivity contribution in [2.45, 2.75) is 27.1 Å². The van der Waals surface area contributed by atoms with E-state index in [1.165, 1.54) is 0 Å². The van der Waals surface area contributed by atoms with E-state index in [9.17, 15) is 0 Å². The van der Waals surface area contributed by atoms with Gasteiger partial charge in [0.25, 0.3) is 0 Å². The van der Waals surface area contributed by atoms with Gasteiger partial charge in [0, 0.05) is 19.4 Å². The second-order valence-electron chi connectivity index (χ2n) is 4.46. The maximum Gasteiger partial charge on any atom is 0.146 e. The molecule has 0 aliphatic rings. The summed E-state index contributed by atoms with van der Waals surface area (Å²) in [5, 5.41) is 9.14. The Morgan fingerprint density at radius 3 is 2.44 bits per heavy atom. The van der Waals surface area contributed by atoms with Crippen molar-refractivity contribution < 1.29 is 9.84 Å². The fourth-order valence-electron chi connectivity index (χ4n) is 2.03. The maximum atomic E-state index is 9.14.